The normalized spacial score (nSPS) is 11.0. The van der Waals surface area contributed by atoms with Crippen molar-refractivity contribution >= 4 is 33.0 Å². The summed E-state index contributed by atoms with van der Waals surface area (Å²) >= 11 is 6.08. The summed E-state index contributed by atoms with van der Waals surface area (Å²) in [5, 5.41) is 3.01. The number of anilines is 1. The number of methoxy groups -OCH3 is 2. The third-order valence-electron chi connectivity index (χ3n) is 3.58. The first kappa shape index (κ1) is 19.1. The lowest BCUT2D eigenvalue weighted by molar-refractivity contribution is 0.102. The number of hydrogen-bond acceptors (Lipinski definition) is 5. The molecule has 0 aliphatic carbocycles. The minimum atomic E-state index is -3.31. The predicted molar refractivity (Wildman–Crippen MR) is 96.7 cm³/mol. The van der Waals surface area contributed by atoms with Crippen molar-refractivity contribution in [2.45, 2.75) is 11.8 Å². The molecule has 1 N–H and O–H groups in total. The van der Waals surface area contributed by atoms with Crippen LogP contribution in [0.2, 0.25) is 5.02 Å². The average molecular weight is 384 g/mol. The molecule has 134 valence electrons. The number of benzene rings is 2. The molecule has 0 unspecified atom stereocenters. The van der Waals surface area contributed by atoms with Crippen LogP contribution < -0.4 is 14.8 Å². The van der Waals surface area contributed by atoms with E-state index in [1.54, 1.807) is 13.0 Å². The summed E-state index contributed by atoms with van der Waals surface area (Å²) in [5.41, 5.74) is 0.688. The number of amides is 1. The minimum Gasteiger partial charge on any atom is -0.495 e. The molecule has 0 saturated heterocycles. The summed E-state index contributed by atoms with van der Waals surface area (Å²) in [7, 11) is -0.369. The van der Waals surface area contributed by atoms with Gasteiger partial charge in [0.2, 0.25) is 0 Å². The molecule has 2 rings (SSSR count). The topological polar surface area (TPSA) is 81.7 Å². The van der Waals surface area contributed by atoms with E-state index in [9.17, 15) is 13.2 Å². The summed E-state index contributed by atoms with van der Waals surface area (Å²) in [6.45, 7) is 1.57. The summed E-state index contributed by atoms with van der Waals surface area (Å²) in [5.74, 6) is 0.394. The van der Waals surface area contributed by atoms with Gasteiger partial charge in [0.25, 0.3) is 5.91 Å². The van der Waals surface area contributed by atoms with Gasteiger partial charge >= 0.3 is 0 Å². The third-order valence-corrected chi connectivity index (χ3v) is 5.62. The van der Waals surface area contributed by atoms with Crippen LogP contribution in [0.3, 0.4) is 0 Å². The number of ether oxygens (including phenoxy) is 2. The van der Waals surface area contributed by atoms with Crippen LogP contribution in [0.15, 0.2) is 41.3 Å². The SMILES string of the molecule is CCS(=O)(=O)c1ccc(C(=O)Nc2cc(Cl)c(OC)cc2OC)cc1. The molecule has 0 aromatic heterocycles. The zero-order chi connectivity index (χ0) is 18.6. The number of halogens is 1. The monoisotopic (exact) mass is 383 g/mol. The molecule has 0 aliphatic rings. The Morgan fingerprint density at radius 1 is 1.08 bits per heavy atom. The van der Waals surface area contributed by atoms with Crippen LogP contribution in [0.4, 0.5) is 5.69 Å². The fourth-order valence-corrected chi connectivity index (χ4v) is 3.26. The van der Waals surface area contributed by atoms with Crippen molar-refractivity contribution in [2.24, 2.45) is 0 Å². The zero-order valence-corrected chi connectivity index (χ0v) is 15.6. The molecule has 0 saturated carbocycles. The average Bonchev–Trinajstić information content (AvgIpc) is 2.62. The summed E-state index contributed by atoms with van der Waals surface area (Å²) in [6, 6.07) is 8.81. The van der Waals surface area contributed by atoms with Gasteiger partial charge in [-0.2, -0.15) is 0 Å². The van der Waals surface area contributed by atoms with Crippen molar-refractivity contribution in [3.63, 3.8) is 0 Å². The first-order valence-electron chi connectivity index (χ1n) is 7.38. The molecule has 0 aliphatic heterocycles. The maximum absolute atomic E-state index is 12.4. The van der Waals surface area contributed by atoms with Crippen molar-refractivity contribution in [1.29, 1.82) is 0 Å². The number of carbonyl (C=O) groups is 1. The fraction of sp³-hybridized carbons (Fsp3) is 0.235. The Kier molecular flexibility index (Phi) is 5.92. The first-order chi connectivity index (χ1) is 11.8. The quantitative estimate of drug-likeness (QED) is 0.826. The molecule has 2 aromatic carbocycles. The van der Waals surface area contributed by atoms with E-state index in [1.807, 2.05) is 0 Å². The van der Waals surface area contributed by atoms with Crippen LogP contribution >= 0.6 is 11.6 Å². The van der Waals surface area contributed by atoms with Gasteiger partial charge in [0.05, 0.1) is 35.6 Å². The Labute approximate surface area is 151 Å². The Morgan fingerprint density at radius 3 is 2.20 bits per heavy atom. The highest BCUT2D eigenvalue weighted by atomic mass is 35.5. The van der Waals surface area contributed by atoms with Crippen molar-refractivity contribution in [2.75, 3.05) is 25.3 Å². The van der Waals surface area contributed by atoms with Gasteiger partial charge in [0.15, 0.2) is 9.84 Å². The van der Waals surface area contributed by atoms with E-state index >= 15 is 0 Å². The first-order valence-corrected chi connectivity index (χ1v) is 9.41. The van der Waals surface area contributed by atoms with E-state index in [-0.39, 0.29) is 10.6 Å². The Morgan fingerprint density at radius 2 is 1.68 bits per heavy atom. The number of hydrogen-bond donors (Lipinski definition) is 1. The second kappa shape index (κ2) is 7.76. The molecule has 0 fully saturated rings. The number of sulfone groups is 1. The number of rotatable bonds is 6. The molecule has 0 radical (unpaired) electrons. The van der Waals surface area contributed by atoms with Gasteiger partial charge in [-0.15, -0.1) is 0 Å². The second-order valence-electron chi connectivity index (χ2n) is 5.07. The van der Waals surface area contributed by atoms with E-state index in [0.717, 1.165) is 0 Å². The smallest absolute Gasteiger partial charge is 0.255 e. The summed E-state index contributed by atoms with van der Waals surface area (Å²) in [4.78, 5) is 12.6. The standard InChI is InChI=1S/C17H18ClNO5S/c1-4-25(21,22)12-7-5-11(6-8-12)17(20)19-14-9-13(18)15(23-2)10-16(14)24-3/h5-10H,4H2,1-3H3,(H,19,20). The predicted octanol–water partition coefficient (Wildman–Crippen LogP) is 3.40. The summed E-state index contributed by atoms with van der Waals surface area (Å²) in [6.07, 6.45) is 0. The molecule has 25 heavy (non-hydrogen) atoms. The molecule has 0 spiro atoms. The third kappa shape index (κ3) is 4.24. The van der Waals surface area contributed by atoms with Crippen LogP contribution in [0.25, 0.3) is 0 Å². The van der Waals surface area contributed by atoms with E-state index in [2.05, 4.69) is 5.32 Å². The van der Waals surface area contributed by atoms with Gasteiger partial charge < -0.3 is 14.8 Å². The second-order valence-corrected chi connectivity index (χ2v) is 7.75. The molecular formula is C17H18ClNO5S. The van der Waals surface area contributed by atoms with E-state index < -0.39 is 15.7 Å². The van der Waals surface area contributed by atoms with Gasteiger partial charge in [0, 0.05) is 11.6 Å². The lowest BCUT2D eigenvalue weighted by Gasteiger charge is -2.13. The van der Waals surface area contributed by atoms with Crippen molar-refractivity contribution in [3.05, 3.63) is 47.0 Å². The van der Waals surface area contributed by atoms with Crippen LogP contribution in [0.1, 0.15) is 17.3 Å². The molecular weight excluding hydrogens is 366 g/mol. The summed E-state index contributed by atoms with van der Waals surface area (Å²) < 4.78 is 34.0. The van der Waals surface area contributed by atoms with Crippen LogP contribution in [-0.2, 0) is 9.84 Å². The van der Waals surface area contributed by atoms with Gasteiger partial charge in [-0.25, -0.2) is 8.42 Å². The van der Waals surface area contributed by atoms with Crippen molar-refractivity contribution < 1.29 is 22.7 Å². The fourth-order valence-electron chi connectivity index (χ4n) is 2.13. The molecule has 0 bridgehead atoms. The van der Waals surface area contributed by atoms with Gasteiger partial charge in [-0.3, -0.25) is 4.79 Å². The molecule has 0 heterocycles. The highest BCUT2D eigenvalue weighted by Crippen LogP contribution is 2.36. The van der Waals surface area contributed by atoms with Crippen molar-refractivity contribution in [3.8, 4) is 11.5 Å². The largest absolute Gasteiger partial charge is 0.495 e. The highest BCUT2D eigenvalue weighted by Gasteiger charge is 2.15. The van der Waals surface area contributed by atoms with Gasteiger partial charge in [0.1, 0.15) is 11.5 Å². The molecule has 0 atom stereocenters. The van der Waals surface area contributed by atoms with Gasteiger partial charge in [-0.05, 0) is 30.3 Å². The maximum atomic E-state index is 12.4. The van der Waals surface area contributed by atoms with E-state index in [1.165, 1.54) is 44.6 Å². The Balaban J connectivity index is 2.27. The molecule has 6 nitrogen and oxygen atoms in total. The van der Waals surface area contributed by atoms with Crippen LogP contribution in [0.5, 0.6) is 11.5 Å². The van der Waals surface area contributed by atoms with Crippen LogP contribution in [0, 0.1) is 0 Å². The lowest BCUT2D eigenvalue weighted by atomic mass is 10.2. The number of carbonyl (C=O) groups excluding carboxylic acids is 1. The molecule has 1 amide bonds. The van der Waals surface area contributed by atoms with E-state index in [0.29, 0.717) is 27.8 Å². The molecule has 8 heteroatoms. The maximum Gasteiger partial charge on any atom is 0.255 e. The van der Waals surface area contributed by atoms with Crippen LogP contribution in [-0.4, -0.2) is 34.3 Å². The number of nitrogens with one attached hydrogen (secondary N) is 1. The lowest BCUT2D eigenvalue weighted by Crippen LogP contribution is -2.13. The molecule has 2 aromatic rings. The van der Waals surface area contributed by atoms with Crippen molar-refractivity contribution in [1.82, 2.24) is 0 Å². The Hall–Kier alpha value is -2.25. The minimum absolute atomic E-state index is 0.0000886. The zero-order valence-electron chi connectivity index (χ0n) is 14.0. The Bertz CT molecular complexity index is 879. The van der Waals surface area contributed by atoms with E-state index in [4.69, 9.17) is 21.1 Å². The van der Waals surface area contributed by atoms with Gasteiger partial charge in [-0.1, -0.05) is 18.5 Å². The highest BCUT2D eigenvalue weighted by molar-refractivity contribution is 7.91.